The predicted molar refractivity (Wildman–Crippen MR) is 132 cm³/mol. The highest BCUT2D eigenvalue weighted by atomic mass is 16.5. The highest BCUT2D eigenvalue weighted by molar-refractivity contribution is 6.08. The smallest absolute Gasteiger partial charge is 0.326 e. The van der Waals surface area contributed by atoms with Crippen molar-refractivity contribution in [3.63, 3.8) is 0 Å². The van der Waals surface area contributed by atoms with Crippen LogP contribution in [0.15, 0.2) is 85.1 Å². The maximum atomic E-state index is 13.5. The Balaban J connectivity index is 1.83. The van der Waals surface area contributed by atoms with Crippen molar-refractivity contribution < 1.29 is 19.1 Å². The van der Waals surface area contributed by atoms with Crippen LogP contribution in [0.5, 0.6) is 5.75 Å². The molecule has 34 heavy (non-hydrogen) atoms. The van der Waals surface area contributed by atoms with Gasteiger partial charge in [0.2, 0.25) is 0 Å². The summed E-state index contributed by atoms with van der Waals surface area (Å²) in [4.78, 5) is 32.1. The van der Waals surface area contributed by atoms with E-state index in [9.17, 15) is 9.59 Å². The summed E-state index contributed by atoms with van der Waals surface area (Å²) in [5.74, 6) is 0.323. The molecule has 1 amide bonds. The van der Waals surface area contributed by atoms with Crippen LogP contribution in [0.4, 0.5) is 5.82 Å². The Labute approximate surface area is 197 Å². The highest BCUT2D eigenvalue weighted by Gasteiger charge is 2.26. The summed E-state index contributed by atoms with van der Waals surface area (Å²) in [6.45, 7) is 1.70. The largest absolute Gasteiger partial charge is 0.497 e. The fourth-order valence-corrected chi connectivity index (χ4v) is 3.60. The van der Waals surface area contributed by atoms with Gasteiger partial charge >= 0.3 is 5.97 Å². The lowest BCUT2D eigenvalue weighted by molar-refractivity contribution is -0.142. The van der Waals surface area contributed by atoms with Gasteiger partial charge in [-0.15, -0.1) is 0 Å². The maximum absolute atomic E-state index is 13.5. The highest BCUT2D eigenvalue weighted by Crippen LogP contribution is 2.33. The molecule has 0 N–H and O–H groups in total. The molecule has 0 radical (unpaired) electrons. The van der Waals surface area contributed by atoms with E-state index in [2.05, 4.69) is 0 Å². The number of aromatic nitrogens is 2. The summed E-state index contributed by atoms with van der Waals surface area (Å²) >= 11 is 0. The number of benzene rings is 2. The van der Waals surface area contributed by atoms with Gasteiger partial charge in [-0.25, -0.2) is 4.98 Å². The number of pyridine rings is 1. The first-order chi connectivity index (χ1) is 16.6. The molecule has 0 aliphatic carbocycles. The molecule has 0 atom stereocenters. The number of hydrogen-bond donors (Lipinski definition) is 0. The fourth-order valence-electron chi connectivity index (χ4n) is 3.60. The Morgan fingerprint density at radius 2 is 1.74 bits per heavy atom. The molecule has 0 saturated carbocycles. The van der Waals surface area contributed by atoms with Crippen LogP contribution in [0.2, 0.25) is 0 Å². The van der Waals surface area contributed by atoms with Crippen molar-refractivity contribution in [2.75, 3.05) is 25.2 Å². The van der Waals surface area contributed by atoms with E-state index in [4.69, 9.17) is 14.5 Å². The van der Waals surface area contributed by atoms with Crippen molar-refractivity contribution in [3.05, 3.63) is 90.6 Å². The Kier molecular flexibility index (Phi) is 7.03. The molecule has 0 aliphatic rings. The number of methoxy groups -OCH3 is 1. The second kappa shape index (κ2) is 10.5. The monoisotopic (exact) mass is 455 g/mol. The lowest BCUT2D eigenvalue weighted by atomic mass is 10.1. The summed E-state index contributed by atoms with van der Waals surface area (Å²) in [6, 6.07) is 22.5. The molecule has 0 unspecified atom stereocenters. The maximum Gasteiger partial charge on any atom is 0.326 e. The number of imidazole rings is 1. The minimum absolute atomic E-state index is 0.221. The zero-order chi connectivity index (χ0) is 23.9. The van der Waals surface area contributed by atoms with Crippen LogP contribution in [0.25, 0.3) is 23.0 Å². The Morgan fingerprint density at radius 1 is 1.00 bits per heavy atom. The van der Waals surface area contributed by atoms with Gasteiger partial charge in [-0.3, -0.25) is 18.9 Å². The average molecular weight is 456 g/mol. The Bertz CT molecular complexity index is 1310. The molecule has 7 nitrogen and oxygen atoms in total. The zero-order valence-electron chi connectivity index (χ0n) is 19.0. The lowest BCUT2D eigenvalue weighted by Gasteiger charge is -2.21. The summed E-state index contributed by atoms with van der Waals surface area (Å²) in [6.07, 6.45) is 4.99. The van der Waals surface area contributed by atoms with Crippen molar-refractivity contribution in [1.29, 1.82) is 0 Å². The van der Waals surface area contributed by atoms with Crippen LogP contribution in [-0.2, 0) is 14.3 Å². The second-order valence-corrected chi connectivity index (χ2v) is 7.41. The first-order valence-electron chi connectivity index (χ1n) is 10.9. The van der Waals surface area contributed by atoms with Crippen LogP contribution >= 0.6 is 0 Å². The third kappa shape index (κ3) is 4.99. The van der Waals surface area contributed by atoms with Gasteiger partial charge < -0.3 is 9.47 Å². The predicted octanol–water partition coefficient (Wildman–Crippen LogP) is 4.62. The van der Waals surface area contributed by atoms with Gasteiger partial charge in [0.1, 0.15) is 29.5 Å². The standard InChI is InChI=1S/C27H25N3O4/c1-3-34-25(32)19-30(24(31)17-12-20-9-5-4-6-10-20)27-26(21-13-15-22(33-2)16-14-21)28-23-11-7-8-18-29(23)27/h4-18H,3,19H2,1-2H3/b17-12+. The van der Waals surface area contributed by atoms with E-state index in [0.29, 0.717) is 22.9 Å². The first-order valence-corrected chi connectivity index (χ1v) is 10.9. The number of ether oxygens (including phenoxy) is 2. The lowest BCUT2D eigenvalue weighted by Crippen LogP contribution is -2.36. The number of anilines is 1. The molecule has 2 aromatic heterocycles. The minimum atomic E-state index is -0.504. The van der Waals surface area contributed by atoms with Crippen molar-refractivity contribution in [1.82, 2.24) is 9.38 Å². The van der Waals surface area contributed by atoms with Gasteiger partial charge in [-0.05, 0) is 55.0 Å². The number of amides is 1. The molecule has 2 heterocycles. The SMILES string of the molecule is CCOC(=O)CN(C(=O)/C=C/c1ccccc1)c1c(-c2ccc(OC)cc2)nc2ccccn12. The van der Waals surface area contributed by atoms with E-state index in [-0.39, 0.29) is 19.1 Å². The van der Waals surface area contributed by atoms with Crippen LogP contribution < -0.4 is 9.64 Å². The van der Waals surface area contributed by atoms with Crippen LogP contribution in [0.3, 0.4) is 0 Å². The average Bonchev–Trinajstić information content (AvgIpc) is 3.26. The molecule has 0 aliphatic heterocycles. The molecule has 4 rings (SSSR count). The zero-order valence-corrected chi connectivity index (χ0v) is 19.0. The number of hydrogen-bond acceptors (Lipinski definition) is 5. The molecule has 7 heteroatoms. The minimum Gasteiger partial charge on any atom is -0.497 e. The van der Waals surface area contributed by atoms with Gasteiger partial charge in [0.25, 0.3) is 5.91 Å². The van der Waals surface area contributed by atoms with Gasteiger partial charge in [0, 0.05) is 17.8 Å². The third-order valence-corrected chi connectivity index (χ3v) is 5.20. The number of carbonyl (C=O) groups is 2. The summed E-state index contributed by atoms with van der Waals surface area (Å²) in [7, 11) is 1.60. The molecule has 172 valence electrons. The summed E-state index contributed by atoms with van der Waals surface area (Å²) in [5.41, 5.74) is 2.88. The molecular formula is C27H25N3O4. The van der Waals surface area contributed by atoms with Gasteiger partial charge in [0.15, 0.2) is 0 Å². The van der Waals surface area contributed by atoms with Crippen LogP contribution in [0, 0.1) is 0 Å². The summed E-state index contributed by atoms with van der Waals surface area (Å²) in [5, 5.41) is 0. The number of rotatable bonds is 8. The molecule has 2 aromatic carbocycles. The molecule has 0 saturated heterocycles. The fraction of sp³-hybridized carbons (Fsp3) is 0.148. The molecular weight excluding hydrogens is 430 g/mol. The van der Waals surface area contributed by atoms with E-state index in [1.54, 1.807) is 24.5 Å². The number of nitrogens with zero attached hydrogens (tertiary/aromatic N) is 3. The van der Waals surface area contributed by atoms with Crippen molar-refractivity contribution >= 4 is 29.4 Å². The van der Waals surface area contributed by atoms with E-state index < -0.39 is 5.97 Å². The van der Waals surface area contributed by atoms with Gasteiger partial charge in [-0.1, -0.05) is 36.4 Å². The third-order valence-electron chi connectivity index (χ3n) is 5.20. The van der Waals surface area contributed by atoms with E-state index >= 15 is 0 Å². The van der Waals surface area contributed by atoms with Crippen molar-refractivity contribution in [3.8, 4) is 17.0 Å². The van der Waals surface area contributed by atoms with E-state index in [1.807, 2.05) is 79.0 Å². The molecule has 0 fully saturated rings. The summed E-state index contributed by atoms with van der Waals surface area (Å²) < 4.78 is 12.2. The Morgan fingerprint density at radius 3 is 2.44 bits per heavy atom. The van der Waals surface area contributed by atoms with Gasteiger partial charge in [0.05, 0.1) is 13.7 Å². The quantitative estimate of drug-likeness (QED) is 0.286. The molecule has 0 bridgehead atoms. The second-order valence-electron chi connectivity index (χ2n) is 7.41. The van der Waals surface area contributed by atoms with Crippen molar-refractivity contribution in [2.45, 2.75) is 6.92 Å². The van der Waals surface area contributed by atoms with Gasteiger partial charge in [-0.2, -0.15) is 0 Å². The first kappa shape index (κ1) is 22.8. The van der Waals surface area contributed by atoms with Crippen molar-refractivity contribution in [2.24, 2.45) is 0 Å². The van der Waals surface area contributed by atoms with Crippen LogP contribution in [0.1, 0.15) is 12.5 Å². The molecule has 0 spiro atoms. The number of esters is 1. The van der Waals surface area contributed by atoms with E-state index in [0.717, 1.165) is 11.1 Å². The normalized spacial score (nSPS) is 11.0. The number of fused-ring (bicyclic) bond motifs is 1. The topological polar surface area (TPSA) is 73.1 Å². The Hall–Kier alpha value is -4.39. The number of carbonyl (C=O) groups excluding carboxylic acids is 2. The van der Waals surface area contributed by atoms with E-state index in [1.165, 1.54) is 11.0 Å². The molecule has 4 aromatic rings. The van der Waals surface area contributed by atoms with Crippen LogP contribution in [-0.4, -0.2) is 41.5 Å².